The summed E-state index contributed by atoms with van der Waals surface area (Å²) in [6.45, 7) is 7.73. The molecule has 1 aromatic carbocycles. The fraction of sp³-hybridized carbons (Fsp3) is 0.286. The van der Waals surface area contributed by atoms with Gasteiger partial charge in [-0.2, -0.15) is 14.9 Å². The highest BCUT2D eigenvalue weighted by Gasteiger charge is 2.02. The van der Waals surface area contributed by atoms with Crippen LogP contribution in [0.1, 0.15) is 27.9 Å². The van der Waals surface area contributed by atoms with Crippen LogP contribution < -0.4 is 5.56 Å². The molecule has 0 unspecified atom stereocenters. The molecule has 20 heavy (non-hydrogen) atoms. The van der Waals surface area contributed by atoms with E-state index in [4.69, 9.17) is 12.2 Å². The summed E-state index contributed by atoms with van der Waals surface area (Å²) in [6, 6.07) is 4.14. The van der Waals surface area contributed by atoms with E-state index in [0.717, 1.165) is 15.8 Å². The molecule has 2 aromatic rings. The van der Waals surface area contributed by atoms with Gasteiger partial charge in [-0.1, -0.05) is 6.07 Å². The number of nitrogens with zero attached hydrogens (tertiary/aromatic N) is 3. The molecule has 2 rings (SSSR count). The number of H-pyrrole nitrogens is 1. The van der Waals surface area contributed by atoms with Crippen molar-refractivity contribution in [1.82, 2.24) is 14.9 Å². The number of nitrogens with one attached hydrogen (secondary N) is 1. The van der Waals surface area contributed by atoms with Crippen molar-refractivity contribution in [2.45, 2.75) is 27.7 Å². The predicted molar refractivity (Wildman–Crippen MR) is 82.1 cm³/mol. The maximum Gasteiger partial charge on any atom is 0.296 e. The fourth-order valence-electron chi connectivity index (χ4n) is 1.82. The normalized spacial score (nSPS) is 11.2. The van der Waals surface area contributed by atoms with Crippen LogP contribution in [-0.2, 0) is 0 Å². The Morgan fingerprint density at radius 3 is 2.55 bits per heavy atom. The van der Waals surface area contributed by atoms with Crippen LogP contribution in [0.15, 0.2) is 22.0 Å². The van der Waals surface area contributed by atoms with Crippen LogP contribution in [0.5, 0.6) is 0 Å². The molecule has 104 valence electrons. The van der Waals surface area contributed by atoms with Gasteiger partial charge in [-0.25, -0.2) is 0 Å². The zero-order chi connectivity index (χ0) is 14.9. The van der Waals surface area contributed by atoms with Gasteiger partial charge < -0.3 is 0 Å². The van der Waals surface area contributed by atoms with Crippen molar-refractivity contribution < 1.29 is 0 Å². The predicted octanol–water partition coefficient (Wildman–Crippen LogP) is 2.42. The van der Waals surface area contributed by atoms with Crippen LogP contribution >= 0.6 is 12.2 Å². The number of hydrogen-bond acceptors (Lipinski definition) is 4. The first-order valence-electron chi connectivity index (χ1n) is 6.20. The van der Waals surface area contributed by atoms with Gasteiger partial charge in [0.25, 0.3) is 5.56 Å². The molecular weight excluding hydrogens is 272 g/mol. The molecule has 1 N–H and O–H groups in total. The molecule has 6 heteroatoms. The van der Waals surface area contributed by atoms with Crippen molar-refractivity contribution in [3.63, 3.8) is 0 Å². The molecule has 0 saturated carbocycles. The van der Waals surface area contributed by atoms with Crippen LogP contribution in [0.2, 0.25) is 0 Å². The van der Waals surface area contributed by atoms with Crippen molar-refractivity contribution in [2.24, 2.45) is 5.10 Å². The SMILES string of the molecule is Cc1cc(C)c(/C=N\n2c(=S)[nH]nc(C)c2=O)cc1C. The quantitative estimate of drug-likeness (QED) is 0.682. The number of rotatable bonds is 2. The Bertz CT molecular complexity index is 802. The molecule has 1 aromatic heterocycles. The summed E-state index contributed by atoms with van der Waals surface area (Å²) < 4.78 is 1.32. The number of benzene rings is 1. The standard InChI is InChI=1S/C14H16N4OS/c1-8-5-10(3)12(6-9(8)2)7-15-18-13(19)11(4)16-17-14(18)20/h5-7H,1-4H3,(H,17,20)/b15-7-. The molecule has 0 radical (unpaired) electrons. The van der Waals surface area contributed by atoms with Gasteiger partial charge in [0.1, 0.15) is 5.69 Å². The lowest BCUT2D eigenvalue weighted by molar-refractivity contribution is 0.720. The van der Waals surface area contributed by atoms with Gasteiger partial charge in [0.2, 0.25) is 4.77 Å². The van der Waals surface area contributed by atoms with E-state index >= 15 is 0 Å². The molecular formula is C14H16N4OS. The summed E-state index contributed by atoms with van der Waals surface area (Å²) in [5, 5.41) is 10.6. The van der Waals surface area contributed by atoms with Gasteiger partial charge in [-0.05, 0) is 68.2 Å². The van der Waals surface area contributed by atoms with Gasteiger partial charge in [0.05, 0.1) is 6.21 Å². The number of aromatic amines is 1. The lowest BCUT2D eigenvalue weighted by Gasteiger charge is -2.06. The Kier molecular flexibility index (Phi) is 3.94. The zero-order valence-corrected chi connectivity index (χ0v) is 12.7. The third-order valence-electron chi connectivity index (χ3n) is 3.21. The minimum Gasteiger partial charge on any atom is -0.265 e. The first-order valence-corrected chi connectivity index (χ1v) is 6.61. The van der Waals surface area contributed by atoms with Crippen LogP contribution in [0, 0.1) is 32.5 Å². The number of aromatic nitrogens is 3. The van der Waals surface area contributed by atoms with E-state index in [2.05, 4.69) is 28.3 Å². The van der Waals surface area contributed by atoms with E-state index in [1.165, 1.54) is 11.1 Å². The summed E-state index contributed by atoms with van der Waals surface area (Å²) in [4.78, 5) is 11.9. The number of hydrogen-bond donors (Lipinski definition) is 1. The second kappa shape index (κ2) is 5.50. The van der Waals surface area contributed by atoms with E-state index in [9.17, 15) is 4.79 Å². The molecule has 0 aliphatic rings. The molecule has 0 fully saturated rings. The van der Waals surface area contributed by atoms with Gasteiger partial charge in [-0.15, -0.1) is 0 Å². The Morgan fingerprint density at radius 2 is 1.85 bits per heavy atom. The van der Waals surface area contributed by atoms with Crippen LogP contribution in [-0.4, -0.2) is 21.1 Å². The first kappa shape index (κ1) is 14.3. The third-order valence-corrected chi connectivity index (χ3v) is 3.47. The summed E-state index contributed by atoms with van der Waals surface area (Å²) in [5.74, 6) is 0. The van der Waals surface area contributed by atoms with Gasteiger partial charge >= 0.3 is 0 Å². The summed E-state index contributed by atoms with van der Waals surface area (Å²) in [6.07, 6.45) is 1.65. The topological polar surface area (TPSA) is 63.0 Å². The van der Waals surface area contributed by atoms with Crippen molar-refractivity contribution in [3.8, 4) is 0 Å². The Morgan fingerprint density at radius 1 is 1.20 bits per heavy atom. The lowest BCUT2D eigenvalue weighted by atomic mass is 10.0. The maximum absolute atomic E-state index is 11.9. The highest BCUT2D eigenvalue weighted by Crippen LogP contribution is 2.13. The highest BCUT2D eigenvalue weighted by atomic mass is 32.1. The minimum absolute atomic E-state index is 0.179. The van der Waals surface area contributed by atoms with Crippen molar-refractivity contribution in [1.29, 1.82) is 0 Å². The molecule has 0 aliphatic heterocycles. The molecule has 5 nitrogen and oxygen atoms in total. The second-order valence-corrected chi connectivity index (χ2v) is 5.16. The minimum atomic E-state index is -0.313. The Hall–Kier alpha value is -2.08. The summed E-state index contributed by atoms with van der Waals surface area (Å²) >= 11 is 5.03. The molecule has 0 bridgehead atoms. The molecule has 0 atom stereocenters. The van der Waals surface area contributed by atoms with Crippen LogP contribution in [0.4, 0.5) is 0 Å². The highest BCUT2D eigenvalue weighted by molar-refractivity contribution is 7.71. The van der Waals surface area contributed by atoms with E-state index in [0.29, 0.717) is 5.69 Å². The molecule has 0 amide bonds. The zero-order valence-electron chi connectivity index (χ0n) is 11.9. The first-order chi connectivity index (χ1) is 9.40. The number of aryl methyl sites for hydroxylation is 4. The lowest BCUT2D eigenvalue weighted by Crippen LogP contribution is -2.22. The Balaban J connectivity index is 2.51. The van der Waals surface area contributed by atoms with E-state index in [1.54, 1.807) is 13.1 Å². The fourth-order valence-corrected chi connectivity index (χ4v) is 1.99. The van der Waals surface area contributed by atoms with Crippen LogP contribution in [0.3, 0.4) is 0 Å². The average molecular weight is 288 g/mol. The molecule has 0 saturated heterocycles. The van der Waals surface area contributed by atoms with E-state index < -0.39 is 0 Å². The third kappa shape index (κ3) is 2.75. The molecule has 0 aliphatic carbocycles. The van der Waals surface area contributed by atoms with Gasteiger partial charge in [0.15, 0.2) is 0 Å². The second-order valence-electron chi connectivity index (χ2n) is 4.77. The van der Waals surface area contributed by atoms with E-state index in [1.807, 2.05) is 19.9 Å². The van der Waals surface area contributed by atoms with Gasteiger partial charge in [0, 0.05) is 0 Å². The van der Waals surface area contributed by atoms with Crippen LogP contribution in [0.25, 0.3) is 0 Å². The largest absolute Gasteiger partial charge is 0.296 e. The van der Waals surface area contributed by atoms with Crippen molar-refractivity contribution >= 4 is 18.4 Å². The molecule has 1 heterocycles. The smallest absolute Gasteiger partial charge is 0.265 e. The van der Waals surface area contributed by atoms with Crippen molar-refractivity contribution in [2.75, 3.05) is 0 Å². The van der Waals surface area contributed by atoms with E-state index in [-0.39, 0.29) is 10.3 Å². The Labute approximate surface area is 122 Å². The van der Waals surface area contributed by atoms with Gasteiger partial charge in [-0.3, -0.25) is 9.89 Å². The monoisotopic (exact) mass is 288 g/mol. The molecule has 0 spiro atoms. The maximum atomic E-state index is 11.9. The average Bonchev–Trinajstić information content (AvgIpc) is 2.40. The summed E-state index contributed by atoms with van der Waals surface area (Å²) in [7, 11) is 0. The van der Waals surface area contributed by atoms with Crippen molar-refractivity contribution in [3.05, 3.63) is 55.2 Å². The summed E-state index contributed by atoms with van der Waals surface area (Å²) in [5.41, 5.74) is 4.49.